The molecule has 28 heavy (non-hydrogen) atoms. The van der Waals surface area contributed by atoms with Crippen LogP contribution in [0.4, 0.5) is 0 Å². The van der Waals surface area contributed by atoms with Crippen LogP contribution in [0.25, 0.3) is 0 Å². The molecule has 0 aromatic heterocycles. The molecule has 0 aromatic rings. The van der Waals surface area contributed by atoms with Crippen molar-refractivity contribution in [2.75, 3.05) is 6.54 Å². The predicted molar refractivity (Wildman–Crippen MR) is 116 cm³/mol. The van der Waals surface area contributed by atoms with E-state index < -0.39 is 6.04 Å². The number of Topliss-reactive ketones (excluding diaryl/α,β-unsaturated/α-hetero) is 2. The zero-order chi connectivity index (χ0) is 21.0. The second-order valence-corrected chi connectivity index (χ2v) is 7.99. The van der Waals surface area contributed by atoms with Gasteiger partial charge in [-0.2, -0.15) is 0 Å². The van der Waals surface area contributed by atoms with Crippen molar-refractivity contribution in [1.29, 1.82) is 0 Å². The van der Waals surface area contributed by atoms with Crippen LogP contribution in [-0.2, 0) is 14.4 Å². The van der Waals surface area contributed by atoms with E-state index in [9.17, 15) is 14.4 Å². The molecule has 0 fully saturated rings. The Morgan fingerprint density at radius 3 is 1.86 bits per heavy atom. The molecule has 0 bridgehead atoms. The van der Waals surface area contributed by atoms with Crippen molar-refractivity contribution in [2.24, 2.45) is 5.73 Å². The Morgan fingerprint density at radius 2 is 1.32 bits per heavy atom. The summed E-state index contributed by atoms with van der Waals surface area (Å²) in [5.41, 5.74) is 5.46. The van der Waals surface area contributed by atoms with Crippen LogP contribution in [0.5, 0.6) is 0 Å². The maximum Gasteiger partial charge on any atom is 0.221 e. The standard InChI is InChI=1S/C23H44N2O3/c1-3-4-5-6-7-8-9-10-11-12-15-21(27)17-18-23(28)25-22(20(2)26)16-13-14-19-24/h22H,3-19,24H2,1-2H3,(H,25,28). The van der Waals surface area contributed by atoms with Gasteiger partial charge in [-0.25, -0.2) is 0 Å². The highest BCUT2D eigenvalue weighted by Crippen LogP contribution is 2.12. The van der Waals surface area contributed by atoms with E-state index >= 15 is 0 Å². The van der Waals surface area contributed by atoms with E-state index in [4.69, 9.17) is 5.73 Å². The van der Waals surface area contributed by atoms with Crippen molar-refractivity contribution >= 4 is 17.5 Å². The van der Waals surface area contributed by atoms with Crippen LogP contribution < -0.4 is 11.1 Å². The van der Waals surface area contributed by atoms with Gasteiger partial charge in [-0.15, -0.1) is 0 Å². The third kappa shape index (κ3) is 16.9. The number of rotatable bonds is 20. The van der Waals surface area contributed by atoms with Gasteiger partial charge in [0.05, 0.1) is 6.04 Å². The predicted octanol–water partition coefficient (Wildman–Crippen LogP) is 4.85. The van der Waals surface area contributed by atoms with E-state index in [-0.39, 0.29) is 30.3 Å². The quantitative estimate of drug-likeness (QED) is 0.288. The monoisotopic (exact) mass is 396 g/mol. The summed E-state index contributed by atoms with van der Waals surface area (Å²) in [6.45, 7) is 4.32. The molecule has 0 aliphatic carbocycles. The van der Waals surface area contributed by atoms with Crippen LogP contribution in [0.2, 0.25) is 0 Å². The Hall–Kier alpha value is -1.23. The van der Waals surface area contributed by atoms with Crippen molar-refractivity contribution in [3.05, 3.63) is 0 Å². The molecule has 0 spiro atoms. The Kier molecular flexibility index (Phi) is 18.3. The van der Waals surface area contributed by atoms with Crippen molar-refractivity contribution in [2.45, 2.75) is 123 Å². The van der Waals surface area contributed by atoms with Crippen LogP contribution in [-0.4, -0.2) is 30.1 Å². The molecule has 5 heteroatoms. The van der Waals surface area contributed by atoms with Crippen molar-refractivity contribution in [1.82, 2.24) is 5.32 Å². The van der Waals surface area contributed by atoms with E-state index in [0.717, 1.165) is 25.7 Å². The number of nitrogens with two attached hydrogens (primary N) is 1. The molecule has 0 heterocycles. The lowest BCUT2D eigenvalue weighted by molar-refractivity contribution is -0.128. The fraction of sp³-hybridized carbons (Fsp3) is 0.870. The maximum atomic E-state index is 12.0. The van der Waals surface area contributed by atoms with E-state index in [1.54, 1.807) is 0 Å². The summed E-state index contributed by atoms with van der Waals surface area (Å²) in [4.78, 5) is 35.6. The fourth-order valence-corrected chi connectivity index (χ4v) is 3.32. The second-order valence-electron chi connectivity index (χ2n) is 7.99. The minimum Gasteiger partial charge on any atom is -0.346 e. The number of hydrogen-bond acceptors (Lipinski definition) is 4. The van der Waals surface area contributed by atoms with Gasteiger partial charge in [0.1, 0.15) is 5.78 Å². The lowest BCUT2D eigenvalue weighted by atomic mass is 10.0. The van der Waals surface area contributed by atoms with Crippen LogP contribution in [0.1, 0.15) is 117 Å². The van der Waals surface area contributed by atoms with Gasteiger partial charge in [0.25, 0.3) is 0 Å². The molecule has 3 N–H and O–H groups in total. The molecule has 0 saturated carbocycles. The van der Waals surface area contributed by atoms with Gasteiger partial charge in [0, 0.05) is 19.3 Å². The number of ketones is 2. The molecule has 164 valence electrons. The summed E-state index contributed by atoms with van der Waals surface area (Å²) >= 11 is 0. The van der Waals surface area contributed by atoms with E-state index in [1.807, 2.05) is 0 Å². The summed E-state index contributed by atoms with van der Waals surface area (Å²) in [7, 11) is 0. The van der Waals surface area contributed by atoms with Crippen LogP contribution in [0, 0.1) is 0 Å². The number of hydrogen-bond donors (Lipinski definition) is 2. The first-order valence-electron chi connectivity index (χ1n) is 11.5. The smallest absolute Gasteiger partial charge is 0.221 e. The molecule has 5 nitrogen and oxygen atoms in total. The van der Waals surface area contributed by atoms with E-state index in [0.29, 0.717) is 19.4 Å². The van der Waals surface area contributed by atoms with Gasteiger partial charge in [0.15, 0.2) is 5.78 Å². The SMILES string of the molecule is CCCCCCCCCCCCC(=O)CCC(=O)NC(CCCCN)C(C)=O. The van der Waals surface area contributed by atoms with Gasteiger partial charge < -0.3 is 11.1 Å². The molecule has 1 unspecified atom stereocenters. The number of carbonyl (C=O) groups excluding carboxylic acids is 3. The third-order valence-corrected chi connectivity index (χ3v) is 5.21. The summed E-state index contributed by atoms with van der Waals surface area (Å²) in [5, 5.41) is 2.76. The van der Waals surface area contributed by atoms with Crippen LogP contribution in [0.15, 0.2) is 0 Å². The zero-order valence-corrected chi connectivity index (χ0v) is 18.4. The summed E-state index contributed by atoms with van der Waals surface area (Å²) in [5.74, 6) is -0.0938. The molecule has 0 rings (SSSR count). The van der Waals surface area contributed by atoms with Crippen molar-refractivity contribution < 1.29 is 14.4 Å². The Labute approximate surface area is 172 Å². The topological polar surface area (TPSA) is 89.3 Å². The first-order valence-corrected chi connectivity index (χ1v) is 11.5. The molecule has 0 aliphatic rings. The van der Waals surface area contributed by atoms with E-state index in [1.165, 1.54) is 58.3 Å². The van der Waals surface area contributed by atoms with Gasteiger partial charge in [-0.3, -0.25) is 14.4 Å². The van der Waals surface area contributed by atoms with Crippen molar-refractivity contribution in [3.63, 3.8) is 0 Å². The number of nitrogens with one attached hydrogen (secondary N) is 1. The van der Waals surface area contributed by atoms with Gasteiger partial charge in [0.2, 0.25) is 5.91 Å². The summed E-state index contributed by atoms with van der Waals surface area (Å²) < 4.78 is 0. The lowest BCUT2D eigenvalue weighted by Gasteiger charge is -2.15. The Bertz CT molecular complexity index is 424. The fourth-order valence-electron chi connectivity index (χ4n) is 3.32. The van der Waals surface area contributed by atoms with Gasteiger partial charge in [-0.05, 0) is 39.2 Å². The van der Waals surface area contributed by atoms with E-state index in [2.05, 4.69) is 12.2 Å². The molecular weight excluding hydrogens is 352 g/mol. The largest absolute Gasteiger partial charge is 0.346 e. The van der Waals surface area contributed by atoms with Crippen molar-refractivity contribution in [3.8, 4) is 0 Å². The zero-order valence-electron chi connectivity index (χ0n) is 18.4. The maximum absolute atomic E-state index is 12.0. The number of carbonyl (C=O) groups is 3. The molecular formula is C23H44N2O3. The lowest BCUT2D eigenvalue weighted by Crippen LogP contribution is -2.39. The third-order valence-electron chi connectivity index (χ3n) is 5.21. The van der Waals surface area contributed by atoms with Crippen LogP contribution in [0.3, 0.4) is 0 Å². The number of amides is 1. The first kappa shape index (κ1) is 26.8. The van der Waals surface area contributed by atoms with Gasteiger partial charge >= 0.3 is 0 Å². The Balaban J connectivity index is 3.68. The Morgan fingerprint density at radius 1 is 0.750 bits per heavy atom. The highest BCUT2D eigenvalue weighted by atomic mass is 16.2. The highest BCUT2D eigenvalue weighted by molar-refractivity contribution is 5.89. The average Bonchev–Trinajstić information content (AvgIpc) is 2.67. The number of unbranched alkanes of at least 4 members (excludes halogenated alkanes) is 10. The minimum atomic E-state index is -0.448. The summed E-state index contributed by atoms with van der Waals surface area (Å²) in [6, 6.07) is -0.448. The second kappa shape index (κ2) is 19.1. The highest BCUT2D eigenvalue weighted by Gasteiger charge is 2.17. The first-order chi connectivity index (χ1) is 13.5. The average molecular weight is 397 g/mol. The van der Waals surface area contributed by atoms with Gasteiger partial charge in [-0.1, -0.05) is 64.7 Å². The van der Waals surface area contributed by atoms with Crippen LogP contribution >= 0.6 is 0 Å². The molecule has 1 atom stereocenters. The minimum absolute atomic E-state index is 0.0398. The summed E-state index contributed by atoms with van der Waals surface area (Å²) in [6.07, 6.45) is 15.8. The molecule has 0 saturated heterocycles. The molecule has 0 aliphatic heterocycles. The molecule has 0 aromatic carbocycles. The normalized spacial score (nSPS) is 12.0. The molecule has 1 amide bonds. The molecule has 0 radical (unpaired) electrons.